The van der Waals surface area contributed by atoms with E-state index in [1.807, 2.05) is 0 Å². The molecule has 9 heteroatoms. The molecule has 0 spiro atoms. The monoisotopic (exact) mass is 328 g/mol. The lowest BCUT2D eigenvalue weighted by Gasteiger charge is -2.12. The largest absolute Gasteiger partial charge is 0.351 e. The number of hydrogen-bond donors (Lipinski definition) is 3. The molecule has 0 aliphatic rings. The zero-order valence-corrected chi connectivity index (χ0v) is 13.5. The van der Waals surface area contributed by atoms with Crippen LogP contribution >= 0.6 is 0 Å². The summed E-state index contributed by atoms with van der Waals surface area (Å²) in [5, 5.41) is 5.18. The van der Waals surface area contributed by atoms with Crippen LogP contribution in [0.4, 0.5) is 5.69 Å². The molecule has 2 amide bonds. The average molecular weight is 328 g/mol. The molecule has 0 radical (unpaired) electrons. The highest BCUT2D eigenvalue weighted by Gasteiger charge is 2.12. The van der Waals surface area contributed by atoms with Gasteiger partial charge in [0.1, 0.15) is 0 Å². The highest BCUT2D eigenvalue weighted by Crippen LogP contribution is 2.10. The van der Waals surface area contributed by atoms with Gasteiger partial charge in [0.25, 0.3) is 16.1 Å². The van der Waals surface area contributed by atoms with Gasteiger partial charge in [-0.1, -0.05) is 6.07 Å². The Kier molecular flexibility index (Phi) is 6.47. The third-order valence-electron chi connectivity index (χ3n) is 2.62. The lowest BCUT2D eigenvalue weighted by atomic mass is 10.2. The SMILES string of the molecule is CC(=O)Nc1cccc(C(=O)NCCNS(=O)(=O)N(C)C)c1. The number of nitrogens with zero attached hydrogens (tertiary/aromatic N) is 1. The Balaban J connectivity index is 2.51. The quantitative estimate of drug-likeness (QED) is 0.601. The van der Waals surface area contributed by atoms with Crippen LogP contribution in [0.1, 0.15) is 17.3 Å². The molecule has 8 nitrogen and oxygen atoms in total. The second kappa shape index (κ2) is 7.87. The summed E-state index contributed by atoms with van der Waals surface area (Å²) in [5.41, 5.74) is 0.898. The number of nitrogens with one attached hydrogen (secondary N) is 3. The normalized spacial score (nSPS) is 11.3. The summed E-state index contributed by atoms with van der Waals surface area (Å²) >= 11 is 0. The number of amides is 2. The zero-order chi connectivity index (χ0) is 16.8. The van der Waals surface area contributed by atoms with Crippen molar-refractivity contribution in [3.05, 3.63) is 29.8 Å². The molecule has 1 aromatic carbocycles. The van der Waals surface area contributed by atoms with Crippen molar-refractivity contribution >= 4 is 27.7 Å². The van der Waals surface area contributed by atoms with E-state index >= 15 is 0 Å². The number of hydrogen-bond acceptors (Lipinski definition) is 4. The van der Waals surface area contributed by atoms with Gasteiger partial charge in [-0.3, -0.25) is 9.59 Å². The fourth-order valence-corrected chi connectivity index (χ4v) is 2.15. The van der Waals surface area contributed by atoms with Crippen molar-refractivity contribution in [1.82, 2.24) is 14.3 Å². The Labute approximate surface area is 130 Å². The maximum atomic E-state index is 11.9. The number of carbonyl (C=O) groups is 2. The fourth-order valence-electron chi connectivity index (χ4n) is 1.53. The Morgan fingerprint density at radius 1 is 1.18 bits per heavy atom. The first kappa shape index (κ1) is 18.1. The minimum atomic E-state index is -3.50. The van der Waals surface area contributed by atoms with Crippen molar-refractivity contribution in [1.29, 1.82) is 0 Å². The molecule has 0 heterocycles. The molecule has 1 rings (SSSR count). The standard InChI is InChI=1S/C13H20N4O4S/c1-10(18)16-12-6-4-5-11(9-12)13(19)14-7-8-15-22(20,21)17(2)3/h4-6,9,15H,7-8H2,1-3H3,(H,14,19)(H,16,18). The lowest BCUT2D eigenvalue weighted by Crippen LogP contribution is -2.40. The number of anilines is 1. The molecule has 122 valence electrons. The van der Waals surface area contributed by atoms with E-state index in [0.717, 1.165) is 4.31 Å². The molecule has 0 aromatic heterocycles. The van der Waals surface area contributed by atoms with Gasteiger partial charge >= 0.3 is 0 Å². The summed E-state index contributed by atoms with van der Waals surface area (Å²) in [5.74, 6) is -0.577. The highest BCUT2D eigenvalue weighted by atomic mass is 32.2. The first-order valence-electron chi connectivity index (χ1n) is 6.55. The molecule has 3 N–H and O–H groups in total. The van der Waals surface area contributed by atoms with Crippen LogP contribution in [-0.2, 0) is 15.0 Å². The number of benzene rings is 1. The number of rotatable bonds is 7. The predicted molar refractivity (Wildman–Crippen MR) is 83.7 cm³/mol. The van der Waals surface area contributed by atoms with E-state index < -0.39 is 10.2 Å². The molecule has 22 heavy (non-hydrogen) atoms. The lowest BCUT2D eigenvalue weighted by molar-refractivity contribution is -0.114. The van der Waals surface area contributed by atoms with Crippen LogP contribution in [0.5, 0.6) is 0 Å². The van der Waals surface area contributed by atoms with Gasteiger partial charge < -0.3 is 10.6 Å². The third kappa shape index (κ3) is 5.80. The van der Waals surface area contributed by atoms with E-state index in [1.165, 1.54) is 21.0 Å². The highest BCUT2D eigenvalue weighted by molar-refractivity contribution is 7.87. The van der Waals surface area contributed by atoms with Crippen LogP contribution in [0.2, 0.25) is 0 Å². The number of carbonyl (C=O) groups excluding carboxylic acids is 2. The minimum absolute atomic E-state index is 0.0810. The molecule has 0 saturated carbocycles. The van der Waals surface area contributed by atoms with E-state index in [-0.39, 0.29) is 24.9 Å². The van der Waals surface area contributed by atoms with Crippen LogP contribution in [0, 0.1) is 0 Å². The van der Waals surface area contributed by atoms with Crippen LogP contribution in [0.3, 0.4) is 0 Å². The Morgan fingerprint density at radius 2 is 1.86 bits per heavy atom. The van der Waals surface area contributed by atoms with Crippen LogP contribution in [0.25, 0.3) is 0 Å². The van der Waals surface area contributed by atoms with E-state index in [9.17, 15) is 18.0 Å². The second-order valence-electron chi connectivity index (χ2n) is 4.70. The molecule has 0 bridgehead atoms. The second-order valence-corrected chi connectivity index (χ2v) is 6.67. The molecule has 0 saturated heterocycles. The Morgan fingerprint density at radius 3 is 2.45 bits per heavy atom. The fraction of sp³-hybridized carbons (Fsp3) is 0.385. The minimum Gasteiger partial charge on any atom is -0.351 e. The van der Waals surface area contributed by atoms with Crippen molar-refractivity contribution < 1.29 is 18.0 Å². The van der Waals surface area contributed by atoms with E-state index in [4.69, 9.17) is 0 Å². The molecule has 0 fully saturated rings. The maximum Gasteiger partial charge on any atom is 0.278 e. The summed E-state index contributed by atoms with van der Waals surface area (Å²) < 4.78 is 26.3. The molecule has 0 aliphatic carbocycles. The van der Waals surface area contributed by atoms with Gasteiger partial charge in [0.05, 0.1) is 0 Å². The van der Waals surface area contributed by atoms with E-state index in [1.54, 1.807) is 24.3 Å². The van der Waals surface area contributed by atoms with Gasteiger partial charge in [-0.05, 0) is 18.2 Å². The van der Waals surface area contributed by atoms with Crippen molar-refractivity contribution in [2.24, 2.45) is 0 Å². The van der Waals surface area contributed by atoms with E-state index in [2.05, 4.69) is 15.4 Å². The van der Waals surface area contributed by atoms with Crippen LogP contribution < -0.4 is 15.4 Å². The molecular weight excluding hydrogens is 308 g/mol. The van der Waals surface area contributed by atoms with Crippen molar-refractivity contribution in [3.8, 4) is 0 Å². The van der Waals surface area contributed by atoms with Gasteiger partial charge in [0.15, 0.2) is 0 Å². The summed E-state index contributed by atoms with van der Waals surface area (Å²) in [4.78, 5) is 22.9. The van der Waals surface area contributed by atoms with Gasteiger partial charge in [-0.15, -0.1) is 0 Å². The predicted octanol–water partition coefficient (Wildman–Crippen LogP) is -0.229. The first-order valence-corrected chi connectivity index (χ1v) is 7.99. The Bertz CT molecular complexity index is 643. The molecule has 1 aromatic rings. The average Bonchev–Trinajstić information content (AvgIpc) is 2.42. The summed E-state index contributed by atoms with van der Waals surface area (Å²) in [6.07, 6.45) is 0. The third-order valence-corrected chi connectivity index (χ3v) is 4.15. The van der Waals surface area contributed by atoms with Gasteiger partial charge in [-0.25, -0.2) is 4.72 Å². The topological polar surface area (TPSA) is 108 Å². The van der Waals surface area contributed by atoms with Crippen molar-refractivity contribution in [3.63, 3.8) is 0 Å². The van der Waals surface area contributed by atoms with Gasteiger partial charge in [0.2, 0.25) is 5.91 Å². The molecule has 0 aliphatic heterocycles. The zero-order valence-electron chi connectivity index (χ0n) is 12.7. The van der Waals surface area contributed by atoms with Gasteiger partial charge in [-0.2, -0.15) is 12.7 Å². The summed E-state index contributed by atoms with van der Waals surface area (Å²) in [6, 6.07) is 6.46. The van der Waals surface area contributed by atoms with Crippen LogP contribution in [-0.4, -0.2) is 51.7 Å². The molecular formula is C13H20N4O4S. The van der Waals surface area contributed by atoms with E-state index in [0.29, 0.717) is 11.3 Å². The molecule has 0 unspecified atom stereocenters. The van der Waals surface area contributed by atoms with Gasteiger partial charge in [0, 0.05) is 45.4 Å². The maximum absolute atomic E-state index is 11.9. The van der Waals surface area contributed by atoms with Crippen LogP contribution in [0.15, 0.2) is 24.3 Å². The first-order chi connectivity index (χ1) is 10.2. The Hall–Kier alpha value is -1.97. The smallest absolute Gasteiger partial charge is 0.278 e. The van der Waals surface area contributed by atoms with Crippen molar-refractivity contribution in [2.75, 3.05) is 32.5 Å². The van der Waals surface area contributed by atoms with Crippen molar-refractivity contribution in [2.45, 2.75) is 6.92 Å². The molecule has 0 atom stereocenters. The summed E-state index contributed by atoms with van der Waals surface area (Å²) in [6.45, 7) is 1.61. The summed E-state index contributed by atoms with van der Waals surface area (Å²) in [7, 11) is -0.674.